The van der Waals surface area contributed by atoms with Crippen LogP contribution in [0.3, 0.4) is 0 Å². The van der Waals surface area contributed by atoms with E-state index >= 15 is 0 Å². The van der Waals surface area contributed by atoms with Crippen molar-refractivity contribution in [3.8, 4) is 17.0 Å². The Bertz CT molecular complexity index is 1430. The molecule has 0 saturated carbocycles. The van der Waals surface area contributed by atoms with E-state index < -0.39 is 15.9 Å². The van der Waals surface area contributed by atoms with Crippen molar-refractivity contribution in [3.05, 3.63) is 88.8 Å². The number of anilines is 2. The van der Waals surface area contributed by atoms with Gasteiger partial charge in [0.05, 0.1) is 29.0 Å². The Hall–Kier alpha value is -3.69. The van der Waals surface area contributed by atoms with E-state index in [2.05, 4.69) is 15.0 Å². The molecule has 0 unspecified atom stereocenters. The Labute approximate surface area is 202 Å². The van der Waals surface area contributed by atoms with Crippen molar-refractivity contribution in [1.82, 2.24) is 4.98 Å². The van der Waals surface area contributed by atoms with Crippen LogP contribution in [0.2, 0.25) is 0 Å². The SMILES string of the molecule is COc1ccc(-c2nc(NC(=O)c3ccccc3NS(=O)(=O)c3ccc(C)cc3)sc2C)cc1. The highest BCUT2D eigenvalue weighted by atomic mass is 32.2. The lowest BCUT2D eigenvalue weighted by Gasteiger charge is -2.12. The molecule has 0 saturated heterocycles. The summed E-state index contributed by atoms with van der Waals surface area (Å²) in [7, 11) is -2.25. The number of nitrogens with zero attached hydrogens (tertiary/aromatic N) is 1. The Morgan fingerprint density at radius 3 is 2.29 bits per heavy atom. The zero-order valence-electron chi connectivity index (χ0n) is 18.8. The average Bonchev–Trinajstić information content (AvgIpc) is 3.19. The van der Waals surface area contributed by atoms with E-state index in [1.807, 2.05) is 38.1 Å². The standard InChI is InChI=1S/C25H23N3O4S2/c1-16-8-14-20(15-9-16)34(30,31)28-22-7-5-4-6-21(22)24(29)27-25-26-23(17(2)33-25)18-10-12-19(32-3)13-11-18/h4-15,28H,1-3H3,(H,26,27,29). The van der Waals surface area contributed by atoms with E-state index in [-0.39, 0.29) is 16.1 Å². The number of ether oxygens (including phenoxy) is 1. The maximum atomic E-state index is 13.0. The average molecular weight is 494 g/mol. The molecule has 4 rings (SSSR count). The van der Waals surface area contributed by atoms with E-state index in [0.717, 1.165) is 27.4 Å². The second-order valence-electron chi connectivity index (χ2n) is 7.57. The number of carbonyl (C=O) groups excluding carboxylic acids is 1. The monoisotopic (exact) mass is 493 g/mol. The molecule has 0 aliphatic carbocycles. The molecule has 4 aromatic rings. The molecule has 0 bridgehead atoms. The van der Waals surface area contributed by atoms with Gasteiger partial charge in [-0.3, -0.25) is 14.8 Å². The fraction of sp³-hybridized carbons (Fsp3) is 0.120. The van der Waals surface area contributed by atoms with Crippen LogP contribution in [0.4, 0.5) is 10.8 Å². The smallest absolute Gasteiger partial charge is 0.261 e. The van der Waals surface area contributed by atoms with Crippen LogP contribution in [-0.2, 0) is 10.0 Å². The summed E-state index contributed by atoms with van der Waals surface area (Å²) in [6, 6.07) is 20.5. The van der Waals surface area contributed by atoms with E-state index in [1.165, 1.54) is 23.5 Å². The summed E-state index contributed by atoms with van der Waals surface area (Å²) in [5.74, 6) is 0.284. The highest BCUT2D eigenvalue weighted by Crippen LogP contribution is 2.32. The zero-order chi connectivity index (χ0) is 24.3. The molecule has 0 atom stereocenters. The summed E-state index contributed by atoms with van der Waals surface area (Å²) in [4.78, 5) is 18.7. The molecule has 7 nitrogen and oxygen atoms in total. The summed E-state index contributed by atoms with van der Waals surface area (Å²) in [5, 5.41) is 3.21. The van der Waals surface area contributed by atoms with Gasteiger partial charge in [0.1, 0.15) is 5.75 Å². The Morgan fingerprint density at radius 1 is 0.941 bits per heavy atom. The fourth-order valence-electron chi connectivity index (χ4n) is 3.32. The number of amides is 1. The molecule has 1 aromatic heterocycles. The normalized spacial score (nSPS) is 11.1. The molecular formula is C25H23N3O4S2. The van der Waals surface area contributed by atoms with E-state index in [9.17, 15) is 13.2 Å². The van der Waals surface area contributed by atoms with Crippen LogP contribution < -0.4 is 14.8 Å². The molecule has 3 aromatic carbocycles. The number of carbonyl (C=O) groups is 1. The van der Waals surface area contributed by atoms with E-state index in [0.29, 0.717) is 5.13 Å². The first-order valence-corrected chi connectivity index (χ1v) is 12.7. The quantitative estimate of drug-likeness (QED) is 0.355. The minimum atomic E-state index is -3.86. The molecule has 1 amide bonds. The van der Waals surface area contributed by atoms with Crippen LogP contribution in [0.15, 0.2) is 77.7 Å². The van der Waals surface area contributed by atoms with Gasteiger partial charge in [-0.1, -0.05) is 29.8 Å². The summed E-state index contributed by atoms with van der Waals surface area (Å²) in [5.41, 5.74) is 2.99. The number of aryl methyl sites for hydroxylation is 2. The summed E-state index contributed by atoms with van der Waals surface area (Å²) < 4.78 is 33.4. The van der Waals surface area contributed by atoms with Crippen molar-refractivity contribution in [2.24, 2.45) is 0 Å². The second-order valence-corrected chi connectivity index (χ2v) is 10.5. The highest BCUT2D eigenvalue weighted by molar-refractivity contribution is 7.92. The molecule has 0 aliphatic heterocycles. The second kappa shape index (κ2) is 9.66. The predicted octanol–water partition coefficient (Wildman–Crippen LogP) is 5.49. The number of aromatic nitrogens is 1. The van der Waals surface area contributed by atoms with Crippen LogP contribution in [-0.4, -0.2) is 26.4 Å². The first kappa shape index (κ1) is 23.5. The Kier molecular flexibility index (Phi) is 6.67. The third-order valence-electron chi connectivity index (χ3n) is 5.13. The van der Waals surface area contributed by atoms with Gasteiger partial charge in [0.2, 0.25) is 0 Å². The molecule has 0 aliphatic rings. The van der Waals surface area contributed by atoms with Gasteiger partial charge in [-0.2, -0.15) is 0 Å². The molecular weight excluding hydrogens is 470 g/mol. The summed E-state index contributed by atoms with van der Waals surface area (Å²) in [6.07, 6.45) is 0. The largest absolute Gasteiger partial charge is 0.497 e. The number of nitrogens with one attached hydrogen (secondary N) is 2. The molecule has 174 valence electrons. The van der Waals surface area contributed by atoms with E-state index in [1.54, 1.807) is 43.5 Å². The Balaban J connectivity index is 1.56. The number of hydrogen-bond acceptors (Lipinski definition) is 6. The number of sulfonamides is 1. The van der Waals surface area contributed by atoms with Gasteiger partial charge in [0, 0.05) is 10.4 Å². The van der Waals surface area contributed by atoms with Gasteiger partial charge < -0.3 is 4.74 Å². The van der Waals surface area contributed by atoms with Gasteiger partial charge in [-0.05, 0) is 62.4 Å². The van der Waals surface area contributed by atoms with Crippen molar-refractivity contribution in [2.45, 2.75) is 18.7 Å². The number of methoxy groups -OCH3 is 1. The molecule has 9 heteroatoms. The topological polar surface area (TPSA) is 97.4 Å². The van der Waals surface area contributed by atoms with Gasteiger partial charge in [-0.25, -0.2) is 13.4 Å². The van der Waals surface area contributed by atoms with Crippen molar-refractivity contribution < 1.29 is 17.9 Å². The van der Waals surface area contributed by atoms with Gasteiger partial charge >= 0.3 is 0 Å². The lowest BCUT2D eigenvalue weighted by molar-refractivity contribution is 0.102. The van der Waals surface area contributed by atoms with Crippen LogP contribution in [0, 0.1) is 13.8 Å². The number of thiazole rings is 1. The third kappa shape index (κ3) is 5.11. The maximum Gasteiger partial charge on any atom is 0.261 e. The van der Waals surface area contributed by atoms with Crippen LogP contribution in [0.25, 0.3) is 11.3 Å². The van der Waals surface area contributed by atoms with Crippen molar-refractivity contribution in [2.75, 3.05) is 17.1 Å². The number of para-hydroxylation sites is 1. The zero-order valence-corrected chi connectivity index (χ0v) is 20.5. The van der Waals surface area contributed by atoms with Crippen molar-refractivity contribution >= 4 is 38.1 Å². The predicted molar refractivity (Wildman–Crippen MR) is 135 cm³/mol. The van der Waals surface area contributed by atoms with E-state index in [4.69, 9.17) is 4.74 Å². The molecule has 34 heavy (non-hydrogen) atoms. The number of hydrogen-bond donors (Lipinski definition) is 2. The molecule has 0 radical (unpaired) electrons. The van der Waals surface area contributed by atoms with Gasteiger partial charge in [-0.15, -0.1) is 11.3 Å². The maximum absolute atomic E-state index is 13.0. The highest BCUT2D eigenvalue weighted by Gasteiger charge is 2.20. The Morgan fingerprint density at radius 2 is 1.62 bits per heavy atom. The molecule has 0 spiro atoms. The first-order chi connectivity index (χ1) is 16.3. The molecule has 0 fully saturated rings. The molecule has 2 N–H and O–H groups in total. The third-order valence-corrected chi connectivity index (χ3v) is 7.40. The first-order valence-electron chi connectivity index (χ1n) is 10.4. The molecule has 1 heterocycles. The summed E-state index contributed by atoms with van der Waals surface area (Å²) >= 11 is 1.35. The summed E-state index contributed by atoms with van der Waals surface area (Å²) in [6.45, 7) is 3.81. The minimum absolute atomic E-state index is 0.119. The van der Waals surface area contributed by atoms with Crippen molar-refractivity contribution in [3.63, 3.8) is 0 Å². The fourth-order valence-corrected chi connectivity index (χ4v) is 5.23. The number of rotatable bonds is 7. The van der Waals surface area contributed by atoms with Crippen molar-refractivity contribution in [1.29, 1.82) is 0 Å². The lowest BCUT2D eigenvalue weighted by atomic mass is 10.1. The van der Waals surface area contributed by atoms with Crippen LogP contribution >= 0.6 is 11.3 Å². The van der Waals surface area contributed by atoms with Gasteiger partial charge in [0.15, 0.2) is 5.13 Å². The number of benzene rings is 3. The minimum Gasteiger partial charge on any atom is -0.497 e. The van der Waals surface area contributed by atoms with Crippen LogP contribution in [0.5, 0.6) is 5.75 Å². The van der Waals surface area contributed by atoms with Crippen LogP contribution in [0.1, 0.15) is 20.8 Å². The van der Waals surface area contributed by atoms with Gasteiger partial charge in [0.25, 0.3) is 15.9 Å². The lowest BCUT2D eigenvalue weighted by Crippen LogP contribution is -2.18.